The molecule has 0 saturated carbocycles. The van der Waals surface area contributed by atoms with Crippen molar-refractivity contribution in [3.63, 3.8) is 0 Å². The molecule has 0 N–H and O–H groups in total. The van der Waals surface area contributed by atoms with Gasteiger partial charge in [0, 0.05) is 42.7 Å². The molecule has 2 aromatic carbocycles. The Kier molecular flexibility index (Phi) is 6.98. The maximum Gasteiger partial charge on any atom is 0.253 e. The van der Waals surface area contributed by atoms with Crippen molar-refractivity contribution in [1.29, 1.82) is 0 Å². The zero-order valence-electron chi connectivity index (χ0n) is 19.2. The summed E-state index contributed by atoms with van der Waals surface area (Å²) in [5.74, 6) is 1.00. The van der Waals surface area contributed by atoms with Crippen LogP contribution in [0.3, 0.4) is 0 Å². The Morgan fingerprint density at radius 3 is 2.03 bits per heavy atom. The number of hydrogen-bond acceptors (Lipinski definition) is 5. The van der Waals surface area contributed by atoms with Crippen LogP contribution in [-0.4, -0.2) is 69.1 Å². The summed E-state index contributed by atoms with van der Waals surface area (Å²) in [4.78, 5) is 30.4. The van der Waals surface area contributed by atoms with Crippen LogP contribution in [0.2, 0.25) is 5.02 Å². The first-order valence-electron chi connectivity index (χ1n) is 11.1. The van der Waals surface area contributed by atoms with Gasteiger partial charge in [0.1, 0.15) is 0 Å². The fraction of sp³-hybridized carbons (Fsp3) is 0.440. The molecule has 7 nitrogen and oxygen atoms in total. The van der Waals surface area contributed by atoms with Gasteiger partial charge in [-0.3, -0.25) is 9.59 Å². The minimum Gasteiger partial charge on any atom is -0.493 e. The Morgan fingerprint density at radius 2 is 1.48 bits per heavy atom. The lowest BCUT2D eigenvalue weighted by atomic mass is 9.87. The molecule has 2 fully saturated rings. The van der Waals surface area contributed by atoms with E-state index in [-0.39, 0.29) is 23.7 Å². The average Bonchev–Trinajstić information content (AvgIpc) is 3.53. The second kappa shape index (κ2) is 9.91. The first kappa shape index (κ1) is 23.2. The average molecular weight is 473 g/mol. The van der Waals surface area contributed by atoms with Crippen LogP contribution >= 0.6 is 11.6 Å². The summed E-state index contributed by atoms with van der Waals surface area (Å²) in [6.07, 6.45) is 2.03. The molecule has 8 heteroatoms. The molecule has 2 heterocycles. The van der Waals surface area contributed by atoms with Crippen LogP contribution in [0.15, 0.2) is 36.4 Å². The van der Waals surface area contributed by atoms with E-state index in [0.717, 1.165) is 31.5 Å². The van der Waals surface area contributed by atoms with Crippen molar-refractivity contribution in [2.75, 3.05) is 47.5 Å². The summed E-state index contributed by atoms with van der Waals surface area (Å²) in [5, 5.41) is 0.574. The van der Waals surface area contributed by atoms with E-state index in [2.05, 4.69) is 0 Å². The van der Waals surface area contributed by atoms with E-state index in [1.54, 1.807) is 50.5 Å². The molecule has 4 rings (SSSR count). The molecule has 0 bridgehead atoms. The van der Waals surface area contributed by atoms with Crippen molar-refractivity contribution in [2.24, 2.45) is 5.92 Å². The van der Waals surface area contributed by atoms with E-state index in [4.69, 9.17) is 25.8 Å². The van der Waals surface area contributed by atoms with Gasteiger partial charge in [-0.2, -0.15) is 0 Å². The lowest BCUT2D eigenvalue weighted by Gasteiger charge is -2.25. The first-order chi connectivity index (χ1) is 16.0. The molecule has 2 atom stereocenters. The van der Waals surface area contributed by atoms with Crippen molar-refractivity contribution in [1.82, 2.24) is 9.80 Å². The monoisotopic (exact) mass is 472 g/mol. The highest BCUT2D eigenvalue weighted by Crippen LogP contribution is 2.44. The molecular weight excluding hydrogens is 444 g/mol. The minimum atomic E-state index is -0.345. The predicted molar refractivity (Wildman–Crippen MR) is 125 cm³/mol. The summed E-state index contributed by atoms with van der Waals surface area (Å²) in [5.41, 5.74) is 1.44. The van der Waals surface area contributed by atoms with Crippen molar-refractivity contribution in [3.05, 3.63) is 52.5 Å². The fourth-order valence-electron chi connectivity index (χ4n) is 4.82. The number of amides is 2. The van der Waals surface area contributed by atoms with Gasteiger partial charge in [0.25, 0.3) is 5.91 Å². The number of carbonyl (C=O) groups is 2. The number of carbonyl (C=O) groups excluding carboxylic acids is 2. The summed E-state index contributed by atoms with van der Waals surface area (Å²) in [6, 6.07) is 10.6. The molecule has 0 unspecified atom stereocenters. The molecule has 2 aromatic rings. The summed E-state index contributed by atoms with van der Waals surface area (Å²) in [6.45, 7) is 2.31. The first-order valence-corrected chi connectivity index (χ1v) is 11.5. The summed E-state index contributed by atoms with van der Waals surface area (Å²) < 4.78 is 16.5. The third kappa shape index (κ3) is 4.60. The molecule has 0 radical (unpaired) electrons. The maximum absolute atomic E-state index is 13.5. The highest BCUT2D eigenvalue weighted by atomic mass is 35.5. The Morgan fingerprint density at radius 1 is 0.879 bits per heavy atom. The van der Waals surface area contributed by atoms with Crippen LogP contribution in [0.4, 0.5) is 0 Å². The summed E-state index contributed by atoms with van der Waals surface area (Å²) in [7, 11) is 4.69. The standard InChI is InChI=1S/C25H29ClN2O5/c1-31-21-12-17(13-22(32-2)23(21)33-3)19-14-28(24(29)16-6-8-18(26)9-7-16)15-20(19)25(30)27-10-4-5-11-27/h6-9,12-13,19-20H,4-5,10-11,14-15H2,1-3H3/t19-,20-/m1/s1. The Bertz CT molecular complexity index is 995. The van der Waals surface area contributed by atoms with Gasteiger partial charge >= 0.3 is 0 Å². The quantitative estimate of drug-likeness (QED) is 0.639. The molecule has 176 valence electrons. The van der Waals surface area contributed by atoms with Gasteiger partial charge in [0.15, 0.2) is 11.5 Å². The molecule has 2 aliphatic rings. The van der Waals surface area contributed by atoms with Gasteiger partial charge in [-0.1, -0.05) is 11.6 Å². The number of nitrogens with zero attached hydrogens (tertiary/aromatic N) is 2. The smallest absolute Gasteiger partial charge is 0.253 e. The van der Waals surface area contributed by atoms with Gasteiger partial charge in [-0.15, -0.1) is 0 Å². The fourth-order valence-corrected chi connectivity index (χ4v) is 4.95. The van der Waals surface area contributed by atoms with Crippen LogP contribution in [0.5, 0.6) is 17.2 Å². The maximum atomic E-state index is 13.5. The number of likely N-dealkylation sites (tertiary alicyclic amines) is 2. The molecular formula is C25H29ClN2O5. The van der Waals surface area contributed by atoms with Gasteiger partial charge in [0.2, 0.25) is 11.7 Å². The van der Waals surface area contributed by atoms with Gasteiger partial charge in [0.05, 0.1) is 27.2 Å². The predicted octanol–water partition coefficient (Wildman–Crippen LogP) is 3.84. The van der Waals surface area contributed by atoms with E-state index >= 15 is 0 Å². The van der Waals surface area contributed by atoms with E-state index in [1.165, 1.54) is 0 Å². The SMILES string of the molecule is COc1cc([C@H]2CN(C(=O)c3ccc(Cl)cc3)C[C@H]2C(=O)N2CCCC2)cc(OC)c1OC. The number of benzene rings is 2. The van der Waals surface area contributed by atoms with Gasteiger partial charge < -0.3 is 24.0 Å². The highest BCUT2D eigenvalue weighted by molar-refractivity contribution is 6.30. The van der Waals surface area contributed by atoms with E-state index in [1.807, 2.05) is 17.0 Å². The third-order valence-electron chi connectivity index (χ3n) is 6.55. The normalized spacial score (nSPS) is 20.1. The van der Waals surface area contributed by atoms with Gasteiger partial charge in [-0.05, 0) is 54.8 Å². The second-order valence-electron chi connectivity index (χ2n) is 8.42. The van der Waals surface area contributed by atoms with Crippen LogP contribution < -0.4 is 14.2 Å². The topological polar surface area (TPSA) is 68.3 Å². The number of halogens is 1. The summed E-state index contributed by atoms with van der Waals surface area (Å²) >= 11 is 5.99. The van der Waals surface area contributed by atoms with E-state index < -0.39 is 0 Å². The third-order valence-corrected chi connectivity index (χ3v) is 6.80. The zero-order valence-corrected chi connectivity index (χ0v) is 19.9. The Hall–Kier alpha value is -2.93. The largest absolute Gasteiger partial charge is 0.493 e. The molecule has 2 amide bonds. The molecule has 2 aliphatic heterocycles. The number of rotatable bonds is 6. The second-order valence-corrected chi connectivity index (χ2v) is 8.86. The number of ether oxygens (including phenoxy) is 3. The van der Waals surface area contributed by atoms with Crippen LogP contribution in [0.1, 0.15) is 34.7 Å². The Balaban J connectivity index is 1.69. The van der Waals surface area contributed by atoms with Crippen molar-refractivity contribution in [3.8, 4) is 17.2 Å². The van der Waals surface area contributed by atoms with Crippen LogP contribution in [0, 0.1) is 5.92 Å². The molecule has 0 aromatic heterocycles. The lowest BCUT2D eigenvalue weighted by Crippen LogP contribution is -2.37. The van der Waals surface area contributed by atoms with Crippen molar-refractivity contribution >= 4 is 23.4 Å². The molecule has 33 heavy (non-hydrogen) atoms. The van der Waals surface area contributed by atoms with Gasteiger partial charge in [-0.25, -0.2) is 0 Å². The lowest BCUT2D eigenvalue weighted by molar-refractivity contribution is -0.134. The number of methoxy groups -OCH3 is 3. The van der Waals surface area contributed by atoms with Crippen molar-refractivity contribution < 1.29 is 23.8 Å². The van der Waals surface area contributed by atoms with E-state index in [0.29, 0.717) is 40.9 Å². The molecule has 0 aliphatic carbocycles. The number of hydrogen-bond donors (Lipinski definition) is 0. The van der Waals surface area contributed by atoms with E-state index in [9.17, 15) is 9.59 Å². The van der Waals surface area contributed by atoms with Crippen LogP contribution in [0.25, 0.3) is 0 Å². The zero-order chi connectivity index (χ0) is 23.5. The molecule has 2 saturated heterocycles. The molecule has 0 spiro atoms. The highest BCUT2D eigenvalue weighted by Gasteiger charge is 2.43. The van der Waals surface area contributed by atoms with Crippen molar-refractivity contribution in [2.45, 2.75) is 18.8 Å². The van der Waals surface area contributed by atoms with Crippen LogP contribution in [-0.2, 0) is 4.79 Å². The minimum absolute atomic E-state index is 0.0951. The Labute approximate surface area is 199 Å².